The molecule has 0 saturated carbocycles. The molecule has 0 fully saturated rings. The first kappa shape index (κ1) is 30.7. The second-order valence-electron chi connectivity index (χ2n) is 10.5. The Morgan fingerprint density at radius 2 is 1.69 bits per heavy atom. The summed E-state index contributed by atoms with van der Waals surface area (Å²) in [6.07, 6.45) is 4.31. The molecule has 11 nitrogen and oxygen atoms in total. The third-order valence-electron chi connectivity index (χ3n) is 7.37. The number of benzene rings is 3. The van der Waals surface area contributed by atoms with Crippen LogP contribution < -0.4 is 21.9 Å². The predicted molar refractivity (Wildman–Crippen MR) is 174 cm³/mol. The van der Waals surface area contributed by atoms with Crippen LogP contribution in [0.15, 0.2) is 102 Å². The molecule has 0 saturated heterocycles. The Labute approximate surface area is 261 Å². The number of aromatic nitrogens is 3. The largest absolute Gasteiger partial charge is 0.457 e. The number of amides is 2. The Kier molecular flexibility index (Phi) is 9.68. The van der Waals surface area contributed by atoms with Crippen LogP contribution in [-0.2, 0) is 11.3 Å². The fraction of sp³-hybridized carbons (Fsp3) is 0.206. The molecular formula is C34H36N8O3. The maximum atomic E-state index is 13.6. The summed E-state index contributed by atoms with van der Waals surface area (Å²) in [4.78, 5) is 41.4. The van der Waals surface area contributed by atoms with Crippen LogP contribution in [0.25, 0.3) is 22.4 Å². The molecule has 0 spiro atoms. The molecule has 0 aliphatic carbocycles. The van der Waals surface area contributed by atoms with Gasteiger partial charge in [0, 0.05) is 43.2 Å². The van der Waals surface area contributed by atoms with E-state index in [0.717, 1.165) is 11.1 Å². The first-order valence-electron chi connectivity index (χ1n) is 14.7. The number of fused-ring (bicyclic) bond motifs is 1. The number of nitrogens with two attached hydrogens (primary N) is 3. The standard InChI is InChI=1S/C34H36N8O3/c1-2-41(22-23-15-18-38-19-16-23)33(44)25-13-14-29-28(21-25)40-32(42(29)30(31(35)43)12-7-17-39-34(36)37)24-8-6-11-27(20-24)45-26-9-4-3-5-10-26/h3-6,8-11,13-16,18-21,30H,2,7,12,17,22H2,1H3,(H2,35,43)(H4,36,37,39)/t30-/m0/s1. The number of carbonyl (C=O) groups excluding carboxylic acids is 2. The topological polar surface area (TPSA) is 168 Å². The average Bonchev–Trinajstić information content (AvgIpc) is 3.42. The number of aliphatic imine (C=N–C) groups is 1. The van der Waals surface area contributed by atoms with Crippen LogP contribution in [0.4, 0.5) is 0 Å². The number of primary amides is 1. The monoisotopic (exact) mass is 604 g/mol. The molecule has 5 aromatic rings. The second kappa shape index (κ2) is 14.2. The normalized spacial score (nSPS) is 11.6. The first-order chi connectivity index (χ1) is 21.8. The van der Waals surface area contributed by atoms with E-state index < -0.39 is 11.9 Å². The van der Waals surface area contributed by atoms with E-state index in [-0.39, 0.29) is 11.9 Å². The zero-order valence-corrected chi connectivity index (χ0v) is 25.0. The third-order valence-corrected chi connectivity index (χ3v) is 7.37. The highest BCUT2D eigenvalue weighted by molar-refractivity contribution is 5.98. The van der Waals surface area contributed by atoms with Crippen LogP contribution in [0.3, 0.4) is 0 Å². The van der Waals surface area contributed by atoms with Gasteiger partial charge in [-0.15, -0.1) is 0 Å². The minimum Gasteiger partial charge on any atom is -0.457 e. The van der Waals surface area contributed by atoms with Crippen molar-refractivity contribution >= 4 is 28.8 Å². The number of carbonyl (C=O) groups is 2. The van der Waals surface area contributed by atoms with Gasteiger partial charge in [0.25, 0.3) is 5.91 Å². The number of guanidine groups is 1. The van der Waals surface area contributed by atoms with E-state index in [9.17, 15) is 9.59 Å². The number of hydrogen-bond acceptors (Lipinski definition) is 6. The van der Waals surface area contributed by atoms with Crippen molar-refractivity contribution in [2.45, 2.75) is 32.4 Å². The van der Waals surface area contributed by atoms with Crippen LogP contribution in [0.2, 0.25) is 0 Å². The summed E-state index contributed by atoms with van der Waals surface area (Å²) in [6, 6.07) is 25.3. The van der Waals surface area contributed by atoms with E-state index in [1.807, 2.05) is 84.3 Å². The Bertz CT molecular complexity index is 1800. The molecule has 45 heavy (non-hydrogen) atoms. The van der Waals surface area contributed by atoms with Gasteiger partial charge < -0.3 is 31.4 Å². The molecule has 2 aromatic heterocycles. The number of hydrogen-bond donors (Lipinski definition) is 3. The van der Waals surface area contributed by atoms with E-state index in [4.69, 9.17) is 26.9 Å². The maximum Gasteiger partial charge on any atom is 0.254 e. The molecule has 0 bridgehead atoms. The highest BCUT2D eigenvalue weighted by Crippen LogP contribution is 2.33. The Morgan fingerprint density at radius 1 is 0.933 bits per heavy atom. The summed E-state index contributed by atoms with van der Waals surface area (Å²) in [5.74, 6) is 1.14. The van der Waals surface area contributed by atoms with Crippen molar-refractivity contribution in [3.63, 3.8) is 0 Å². The maximum absolute atomic E-state index is 13.6. The molecule has 1 atom stereocenters. The smallest absolute Gasteiger partial charge is 0.254 e. The average molecular weight is 605 g/mol. The Hall–Kier alpha value is -5.71. The van der Waals surface area contributed by atoms with Crippen LogP contribution in [-0.4, -0.2) is 50.3 Å². The molecule has 0 aliphatic heterocycles. The van der Waals surface area contributed by atoms with Crippen LogP contribution in [0, 0.1) is 0 Å². The van der Waals surface area contributed by atoms with E-state index in [1.54, 1.807) is 29.4 Å². The molecule has 2 heterocycles. The Balaban J connectivity index is 1.56. The third kappa shape index (κ3) is 7.45. The summed E-state index contributed by atoms with van der Waals surface area (Å²) in [5, 5.41) is 0. The van der Waals surface area contributed by atoms with Gasteiger partial charge in [0.2, 0.25) is 5.91 Å². The SMILES string of the molecule is CCN(Cc1ccncc1)C(=O)c1ccc2c(c1)nc(-c1cccc(Oc3ccccc3)c1)n2[C@@H](CCCN=C(N)N)C(N)=O. The van der Waals surface area contributed by atoms with Crippen molar-refractivity contribution in [3.05, 3.63) is 108 Å². The molecule has 230 valence electrons. The summed E-state index contributed by atoms with van der Waals surface area (Å²) in [5.41, 5.74) is 20.4. The van der Waals surface area contributed by atoms with Crippen LogP contribution in [0.1, 0.15) is 41.7 Å². The van der Waals surface area contributed by atoms with E-state index in [0.29, 0.717) is 66.4 Å². The molecule has 0 aliphatic rings. The van der Waals surface area contributed by atoms with Gasteiger partial charge in [0.05, 0.1) is 11.0 Å². The van der Waals surface area contributed by atoms with Gasteiger partial charge in [-0.3, -0.25) is 19.6 Å². The van der Waals surface area contributed by atoms with Gasteiger partial charge in [-0.1, -0.05) is 30.3 Å². The quantitative estimate of drug-likeness (QED) is 0.1000. The minimum absolute atomic E-state index is 0.0168. The molecule has 3 aromatic carbocycles. The molecule has 5 rings (SSSR count). The van der Waals surface area contributed by atoms with E-state index in [1.165, 1.54) is 0 Å². The van der Waals surface area contributed by atoms with Gasteiger partial charge in [0.15, 0.2) is 5.96 Å². The van der Waals surface area contributed by atoms with Crippen molar-refractivity contribution < 1.29 is 14.3 Å². The molecule has 6 N–H and O–H groups in total. The van der Waals surface area contributed by atoms with Gasteiger partial charge in [-0.2, -0.15) is 0 Å². The lowest BCUT2D eigenvalue weighted by atomic mass is 10.1. The summed E-state index contributed by atoms with van der Waals surface area (Å²) in [7, 11) is 0. The van der Waals surface area contributed by atoms with Crippen molar-refractivity contribution in [1.82, 2.24) is 19.4 Å². The second-order valence-corrected chi connectivity index (χ2v) is 10.5. The van der Waals surface area contributed by atoms with E-state index in [2.05, 4.69) is 9.98 Å². The van der Waals surface area contributed by atoms with Gasteiger partial charge in [-0.05, 0) is 79.9 Å². The number of rotatable bonds is 13. The van der Waals surface area contributed by atoms with Crippen molar-refractivity contribution in [2.24, 2.45) is 22.2 Å². The predicted octanol–water partition coefficient (Wildman–Crippen LogP) is 4.63. The summed E-state index contributed by atoms with van der Waals surface area (Å²) in [6.45, 7) is 3.25. The number of ether oxygens (including phenoxy) is 1. The molecular weight excluding hydrogens is 568 g/mol. The number of imidazole rings is 1. The van der Waals surface area contributed by atoms with Gasteiger partial charge in [-0.25, -0.2) is 4.98 Å². The number of pyridine rings is 1. The first-order valence-corrected chi connectivity index (χ1v) is 14.7. The van der Waals surface area contributed by atoms with Gasteiger partial charge >= 0.3 is 0 Å². The highest BCUT2D eigenvalue weighted by Gasteiger charge is 2.26. The fourth-order valence-electron chi connectivity index (χ4n) is 5.18. The minimum atomic E-state index is -0.752. The zero-order valence-electron chi connectivity index (χ0n) is 25.0. The van der Waals surface area contributed by atoms with Crippen LogP contribution in [0.5, 0.6) is 11.5 Å². The van der Waals surface area contributed by atoms with E-state index >= 15 is 0 Å². The number of nitrogens with zero attached hydrogens (tertiary/aromatic N) is 5. The summed E-state index contributed by atoms with van der Waals surface area (Å²) < 4.78 is 7.91. The molecule has 0 radical (unpaired) electrons. The van der Waals surface area contributed by atoms with Crippen molar-refractivity contribution in [1.29, 1.82) is 0 Å². The van der Waals surface area contributed by atoms with Crippen molar-refractivity contribution in [3.8, 4) is 22.9 Å². The molecule has 11 heteroatoms. The van der Waals surface area contributed by atoms with Crippen molar-refractivity contribution in [2.75, 3.05) is 13.1 Å². The molecule has 2 amide bonds. The molecule has 0 unspecified atom stereocenters. The number of para-hydroxylation sites is 1. The lowest BCUT2D eigenvalue weighted by Crippen LogP contribution is -2.30. The summed E-state index contributed by atoms with van der Waals surface area (Å²) >= 11 is 0. The van der Waals surface area contributed by atoms with Crippen LogP contribution >= 0.6 is 0 Å². The lowest BCUT2D eigenvalue weighted by molar-refractivity contribution is -0.121. The zero-order chi connectivity index (χ0) is 31.8. The lowest BCUT2D eigenvalue weighted by Gasteiger charge is -2.21. The fourth-order valence-corrected chi connectivity index (χ4v) is 5.18. The highest BCUT2D eigenvalue weighted by atomic mass is 16.5. The van der Waals surface area contributed by atoms with Gasteiger partial charge in [0.1, 0.15) is 23.4 Å². The Morgan fingerprint density at radius 3 is 2.40 bits per heavy atom.